The summed E-state index contributed by atoms with van der Waals surface area (Å²) in [6.45, 7) is 7.42. The van der Waals surface area contributed by atoms with E-state index >= 15 is 0 Å². The standard InChI is InChI=1S/C15H19ClN4S.C3H4F3NO/c1-15(2,20-5-3-17-4-6-20)13-10-21-14(19-13)11-7-12(16)9-18-8-11;4-3(5,6)1-7-2-8/h7-10,17H,3-6H2,1-2H3;2H,1H2,(H,7,8). The number of carbonyl (C=O) groups is 1. The molecule has 1 aliphatic heterocycles. The van der Waals surface area contributed by atoms with Crippen molar-refractivity contribution in [1.29, 1.82) is 0 Å². The van der Waals surface area contributed by atoms with Gasteiger partial charge >= 0.3 is 6.18 Å². The molecule has 0 saturated carbocycles. The number of hydrogen-bond acceptors (Lipinski definition) is 6. The van der Waals surface area contributed by atoms with Gasteiger partial charge in [0, 0.05) is 49.5 Å². The lowest BCUT2D eigenvalue weighted by Crippen LogP contribution is -2.51. The van der Waals surface area contributed by atoms with Crippen LogP contribution in [0.25, 0.3) is 10.6 Å². The predicted molar refractivity (Wildman–Crippen MR) is 108 cm³/mol. The van der Waals surface area contributed by atoms with Gasteiger partial charge in [0.25, 0.3) is 0 Å². The number of thiazole rings is 1. The maximum atomic E-state index is 11.0. The Morgan fingerprint density at radius 1 is 1.31 bits per heavy atom. The van der Waals surface area contributed by atoms with Gasteiger partial charge in [-0.1, -0.05) is 11.6 Å². The quantitative estimate of drug-likeness (QED) is 0.685. The number of alkyl halides is 3. The van der Waals surface area contributed by atoms with E-state index < -0.39 is 12.7 Å². The third-order valence-electron chi connectivity index (χ3n) is 4.38. The van der Waals surface area contributed by atoms with E-state index in [4.69, 9.17) is 16.6 Å². The van der Waals surface area contributed by atoms with Crippen molar-refractivity contribution in [3.8, 4) is 10.6 Å². The molecule has 0 unspecified atom stereocenters. The van der Waals surface area contributed by atoms with Crippen molar-refractivity contribution in [2.75, 3.05) is 32.7 Å². The summed E-state index contributed by atoms with van der Waals surface area (Å²) in [6, 6.07) is 1.91. The van der Waals surface area contributed by atoms with Crippen LogP contribution in [0.5, 0.6) is 0 Å². The van der Waals surface area contributed by atoms with Gasteiger partial charge in [0.05, 0.1) is 16.3 Å². The normalized spacial score (nSPS) is 15.4. The molecular weight excluding hydrogens is 427 g/mol. The van der Waals surface area contributed by atoms with Gasteiger partial charge in [-0.25, -0.2) is 4.98 Å². The Morgan fingerprint density at radius 3 is 2.55 bits per heavy atom. The van der Waals surface area contributed by atoms with E-state index in [-0.39, 0.29) is 11.9 Å². The molecule has 0 aromatic carbocycles. The highest BCUT2D eigenvalue weighted by Crippen LogP contribution is 2.33. The highest BCUT2D eigenvalue weighted by Gasteiger charge is 2.32. The lowest BCUT2D eigenvalue weighted by atomic mass is 9.98. The second-order valence-electron chi connectivity index (χ2n) is 6.84. The first-order chi connectivity index (χ1) is 13.6. The van der Waals surface area contributed by atoms with Crippen molar-refractivity contribution >= 4 is 29.3 Å². The molecule has 1 aliphatic rings. The zero-order chi connectivity index (χ0) is 21.5. The molecule has 160 valence electrons. The number of pyridine rings is 1. The monoisotopic (exact) mass is 449 g/mol. The summed E-state index contributed by atoms with van der Waals surface area (Å²) in [7, 11) is 0. The Kier molecular flexibility index (Phi) is 8.38. The Labute approximate surface area is 176 Å². The summed E-state index contributed by atoms with van der Waals surface area (Å²) in [6.07, 6.45) is -0.828. The van der Waals surface area contributed by atoms with Gasteiger partial charge < -0.3 is 10.6 Å². The minimum atomic E-state index is -4.29. The Balaban J connectivity index is 0.000000321. The van der Waals surface area contributed by atoms with Crippen LogP contribution in [0.2, 0.25) is 5.02 Å². The first kappa shape index (κ1) is 23.5. The van der Waals surface area contributed by atoms with Gasteiger partial charge in [-0.3, -0.25) is 14.7 Å². The smallest absolute Gasteiger partial charge is 0.350 e. The van der Waals surface area contributed by atoms with Gasteiger partial charge in [0.1, 0.15) is 11.6 Å². The van der Waals surface area contributed by atoms with Gasteiger partial charge in [0.2, 0.25) is 6.41 Å². The van der Waals surface area contributed by atoms with Gasteiger partial charge in [-0.05, 0) is 19.9 Å². The minimum absolute atomic E-state index is 0.00743. The van der Waals surface area contributed by atoms with Gasteiger partial charge in [-0.2, -0.15) is 13.2 Å². The number of amides is 1. The molecular formula is C18H23ClF3N5OS. The second kappa shape index (κ2) is 10.3. The van der Waals surface area contributed by atoms with Crippen molar-refractivity contribution in [2.24, 2.45) is 0 Å². The van der Waals surface area contributed by atoms with Crippen LogP contribution in [-0.4, -0.2) is 60.2 Å². The van der Waals surface area contributed by atoms with Crippen LogP contribution in [0.3, 0.4) is 0 Å². The summed E-state index contributed by atoms with van der Waals surface area (Å²) in [5.41, 5.74) is 2.04. The lowest BCUT2D eigenvalue weighted by Gasteiger charge is -2.40. The fourth-order valence-electron chi connectivity index (χ4n) is 2.76. The summed E-state index contributed by atoms with van der Waals surface area (Å²) in [5.74, 6) is 0. The molecule has 0 atom stereocenters. The van der Waals surface area contributed by atoms with Crippen molar-refractivity contribution in [2.45, 2.75) is 25.6 Å². The summed E-state index contributed by atoms with van der Waals surface area (Å²) in [4.78, 5) is 20.7. The molecule has 2 aromatic rings. The Morgan fingerprint density at radius 2 is 2.00 bits per heavy atom. The number of piperazine rings is 1. The average molecular weight is 450 g/mol. The van der Waals surface area contributed by atoms with Crippen molar-refractivity contribution < 1.29 is 18.0 Å². The molecule has 2 aromatic heterocycles. The zero-order valence-corrected chi connectivity index (χ0v) is 17.7. The topological polar surface area (TPSA) is 70.2 Å². The summed E-state index contributed by atoms with van der Waals surface area (Å²) < 4.78 is 33.1. The number of rotatable bonds is 5. The average Bonchev–Trinajstić information content (AvgIpc) is 3.18. The highest BCUT2D eigenvalue weighted by atomic mass is 35.5. The SMILES string of the molecule is CC(C)(c1csc(-c2cncc(Cl)c2)n1)N1CCNCC1.O=CNCC(F)(F)F. The maximum absolute atomic E-state index is 11.0. The zero-order valence-electron chi connectivity index (χ0n) is 16.1. The largest absolute Gasteiger partial charge is 0.405 e. The fourth-order valence-corrected chi connectivity index (χ4v) is 3.90. The number of hydrogen-bond donors (Lipinski definition) is 2. The molecule has 0 spiro atoms. The molecule has 0 radical (unpaired) electrons. The van der Waals surface area contributed by atoms with Crippen LogP contribution in [0, 0.1) is 0 Å². The van der Waals surface area contributed by atoms with E-state index in [1.54, 1.807) is 17.5 Å². The van der Waals surface area contributed by atoms with Crippen LogP contribution in [0.15, 0.2) is 23.8 Å². The van der Waals surface area contributed by atoms with Gasteiger partial charge in [0.15, 0.2) is 0 Å². The molecule has 1 fully saturated rings. The predicted octanol–water partition coefficient (Wildman–Crippen LogP) is 3.29. The summed E-state index contributed by atoms with van der Waals surface area (Å²) >= 11 is 7.66. The molecule has 1 saturated heterocycles. The second-order valence-corrected chi connectivity index (χ2v) is 8.13. The molecule has 2 N–H and O–H groups in total. The maximum Gasteiger partial charge on any atom is 0.405 e. The van der Waals surface area contributed by atoms with E-state index in [1.807, 2.05) is 12.3 Å². The molecule has 3 rings (SSSR count). The van der Waals surface area contributed by atoms with E-state index in [0.717, 1.165) is 42.4 Å². The third kappa shape index (κ3) is 7.22. The van der Waals surface area contributed by atoms with E-state index in [0.29, 0.717) is 5.02 Å². The summed E-state index contributed by atoms with van der Waals surface area (Å²) in [5, 5.41) is 8.65. The van der Waals surface area contributed by atoms with Crippen LogP contribution in [-0.2, 0) is 10.3 Å². The van der Waals surface area contributed by atoms with Crippen LogP contribution in [0.1, 0.15) is 19.5 Å². The van der Waals surface area contributed by atoms with Crippen molar-refractivity contribution in [3.63, 3.8) is 0 Å². The number of aromatic nitrogens is 2. The van der Waals surface area contributed by atoms with Gasteiger partial charge in [-0.15, -0.1) is 11.3 Å². The molecule has 1 amide bonds. The van der Waals surface area contributed by atoms with E-state index in [2.05, 4.69) is 34.4 Å². The molecule has 11 heteroatoms. The first-order valence-corrected chi connectivity index (χ1v) is 10.2. The minimum Gasteiger partial charge on any atom is -0.350 e. The van der Waals surface area contributed by atoms with E-state index in [1.165, 1.54) is 5.32 Å². The van der Waals surface area contributed by atoms with E-state index in [9.17, 15) is 18.0 Å². The number of halogens is 4. The van der Waals surface area contributed by atoms with Crippen molar-refractivity contribution in [3.05, 3.63) is 34.6 Å². The molecule has 3 heterocycles. The van der Waals surface area contributed by atoms with Crippen LogP contribution >= 0.6 is 22.9 Å². The number of nitrogens with one attached hydrogen (secondary N) is 2. The molecule has 29 heavy (non-hydrogen) atoms. The lowest BCUT2D eigenvalue weighted by molar-refractivity contribution is -0.132. The number of carbonyl (C=O) groups excluding carboxylic acids is 1. The number of nitrogens with zero attached hydrogens (tertiary/aromatic N) is 3. The van der Waals surface area contributed by atoms with Crippen LogP contribution < -0.4 is 10.6 Å². The van der Waals surface area contributed by atoms with Crippen molar-refractivity contribution in [1.82, 2.24) is 25.5 Å². The highest BCUT2D eigenvalue weighted by molar-refractivity contribution is 7.13. The molecule has 0 bridgehead atoms. The Bertz CT molecular complexity index is 794. The molecule has 6 nitrogen and oxygen atoms in total. The Hall–Kier alpha value is -1.75. The van der Waals surface area contributed by atoms with Crippen LogP contribution in [0.4, 0.5) is 13.2 Å². The third-order valence-corrected chi connectivity index (χ3v) is 5.47. The molecule has 0 aliphatic carbocycles. The fraction of sp³-hybridized carbons (Fsp3) is 0.500. The first-order valence-electron chi connectivity index (χ1n) is 8.90.